The molecule has 326 valence electrons. The van der Waals surface area contributed by atoms with Crippen LogP contribution in [-0.4, -0.2) is 55.5 Å². The minimum atomic E-state index is -1.14. The second-order valence-corrected chi connectivity index (χ2v) is 28.1. The zero-order valence-corrected chi connectivity index (χ0v) is 39.2. The topological polar surface area (TPSA) is 89.5 Å². The minimum absolute atomic E-state index is 0.395. The summed E-state index contributed by atoms with van der Waals surface area (Å²) < 4.78 is 33.0. The number of carbonyl (C=O) groups is 2. The van der Waals surface area contributed by atoms with Crippen molar-refractivity contribution < 1.29 is 38.0 Å². The fourth-order valence-corrected chi connectivity index (χ4v) is 15.5. The first-order valence-electron chi connectivity index (χ1n) is 22.1. The van der Waals surface area contributed by atoms with Crippen molar-refractivity contribution in [3.05, 3.63) is 108 Å². The van der Waals surface area contributed by atoms with Gasteiger partial charge in [-0.25, -0.2) is 9.59 Å². The Morgan fingerprint density at radius 3 is 0.983 bits per heavy atom. The van der Waals surface area contributed by atoms with Gasteiger partial charge in [-0.2, -0.15) is 0 Å². The highest BCUT2D eigenvalue weighted by molar-refractivity contribution is 6.82. The number of hydrogen-bond donors (Lipinski definition) is 0. The van der Waals surface area contributed by atoms with E-state index < -0.39 is 28.1 Å². The van der Waals surface area contributed by atoms with Crippen molar-refractivity contribution in [2.45, 2.75) is 127 Å². The van der Waals surface area contributed by atoms with Crippen LogP contribution in [0.25, 0.3) is 0 Å². The predicted octanol–water partition coefficient (Wildman–Crippen LogP) is 13.7. The van der Waals surface area contributed by atoms with Crippen molar-refractivity contribution in [3.8, 4) is 34.5 Å². The Kier molecular flexibility index (Phi) is 20.8. The van der Waals surface area contributed by atoms with Crippen LogP contribution in [-0.2, 0) is 0 Å². The molecule has 0 unspecified atom stereocenters. The maximum atomic E-state index is 12.5. The fourth-order valence-electron chi connectivity index (χ4n) is 7.13. The summed E-state index contributed by atoms with van der Waals surface area (Å²) in [6.07, 6.45) is 15.0. The van der Waals surface area contributed by atoms with Crippen LogP contribution in [0.4, 0.5) is 0 Å². The summed E-state index contributed by atoms with van der Waals surface area (Å²) in [6.45, 7) is 11.9. The third-order valence-electron chi connectivity index (χ3n) is 11.2. The Labute approximate surface area is 362 Å². The van der Waals surface area contributed by atoms with E-state index in [1.54, 1.807) is 87.0 Å². The summed E-state index contributed by atoms with van der Waals surface area (Å²) in [5.41, 5.74) is 0.980. The maximum Gasteiger partial charge on any atom is 0.343 e. The average Bonchev–Trinajstić information content (AvgIpc) is 3.25. The zero-order valence-electron chi connectivity index (χ0n) is 37.2. The Morgan fingerprint density at radius 1 is 0.367 bits per heavy atom. The van der Waals surface area contributed by atoms with Gasteiger partial charge in [0.15, 0.2) is 0 Å². The van der Waals surface area contributed by atoms with Crippen LogP contribution in [0.1, 0.15) is 97.8 Å². The third-order valence-corrected chi connectivity index (χ3v) is 18.4. The summed E-state index contributed by atoms with van der Waals surface area (Å²) in [5, 5.41) is 0. The lowest BCUT2D eigenvalue weighted by Crippen LogP contribution is -2.32. The molecular formula is C50H70O8Si2. The van der Waals surface area contributed by atoms with Crippen LogP contribution in [0.5, 0.6) is 34.5 Å². The summed E-state index contributed by atoms with van der Waals surface area (Å²) >= 11 is 0. The van der Waals surface area contributed by atoms with E-state index in [4.69, 9.17) is 28.4 Å². The van der Waals surface area contributed by atoms with Crippen molar-refractivity contribution in [1.29, 1.82) is 0 Å². The van der Waals surface area contributed by atoms with Crippen LogP contribution < -0.4 is 28.4 Å². The molecule has 0 fully saturated rings. The van der Waals surface area contributed by atoms with Crippen LogP contribution in [0.15, 0.2) is 97.1 Å². The van der Waals surface area contributed by atoms with Gasteiger partial charge in [-0.1, -0.05) is 115 Å². The van der Waals surface area contributed by atoms with Gasteiger partial charge >= 0.3 is 11.9 Å². The minimum Gasteiger partial charge on any atom is -0.497 e. The molecule has 0 atom stereocenters. The molecule has 0 saturated heterocycles. The first-order valence-corrected chi connectivity index (χ1v) is 29.0. The zero-order chi connectivity index (χ0) is 43.1. The summed E-state index contributed by atoms with van der Waals surface area (Å²) in [5.74, 6) is 3.16. The summed E-state index contributed by atoms with van der Waals surface area (Å²) in [7, 11) is 0.914. The second-order valence-electron chi connectivity index (χ2n) is 17.4. The highest BCUT2D eigenvalue weighted by Gasteiger charge is 2.26. The molecule has 4 rings (SSSR count). The van der Waals surface area contributed by atoms with E-state index in [-0.39, 0.29) is 0 Å². The largest absolute Gasteiger partial charge is 0.497 e. The molecule has 4 aromatic carbocycles. The van der Waals surface area contributed by atoms with Crippen molar-refractivity contribution >= 4 is 28.1 Å². The number of esters is 2. The number of ether oxygens (including phenoxy) is 6. The predicted molar refractivity (Wildman–Crippen MR) is 249 cm³/mol. The van der Waals surface area contributed by atoms with Gasteiger partial charge in [0, 0.05) is 16.1 Å². The molecule has 10 heteroatoms. The molecule has 0 N–H and O–H groups in total. The van der Waals surface area contributed by atoms with Crippen molar-refractivity contribution in [2.24, 2.45) is 0 Å². The van der Waals surface area contributed by atoms with E-state index in [2.05, 4.69) is 26.2 Å². The molecule has 8 nitrogen and oxygen atoms in total. The number of carbonyl (C=O) groups excluding carboxylic acids is 2. The smallest absolute Gasteiger partial charge is 0.343 e. The quantitative estimate of drug-likeness (QED) is 0.0231. The van der Waals surface area contributed by atoms with E-state index in [0.717, 1.165) is 24.3 Å². The molecule has 0 saturated carbocycles. The number of methoxy groups -OCH3 is 2. The Bertz CT molecular complexity index is 1670. The van der Waals surface area contributed by atoms with Gasteiger partial charge in [-0.3, -0.25) is 0 Å². The van der Waals surface area contributed by atoms with Crippen molar-refractivity contribution in [1.82, 2.24) is 0 Å². The first-order chi connectivity index (χ1) is 28.9. The number of rotatable bonds is 29. The first kappa shape index (κ1) is 48.1. The SMILES string of the molecule is COc1ccc(OC(=O)c2ccc(OCCCCCCCC[Si](C)(C)CC[Si](C)(C)CCCCCCCCOc3ccc(C(=O)Oc4ccc(OC)cc4)cc3)cc2)cc1. The number of benzene rings is 4. The third kappa shape index (κ3) is 18.8. The lowest BCUT2D eigenvalue weighted by Gasteiger charge is -2.29. The van der Waals surface area contributed by atoms with Gasteiger partial charge in [-0.15, -0.1) is 0 Å². The lowest BCUT2D eigenvalue weighted by atomic mass is 10.1. The number of unbranched alkanes of at least 4 members (excludes halogenated alkanes) is 10. The lowest BCUT2D eigenvalue weighted by molar-refractivity contribution is 0.0725. The standard InChI is InChI=1S/C50H70O8Si2/c1-53-43-27-31-47(32-28-43)57-49(51)41-19-23-45(24-20-41)55-35-15-11-7-9-13-17-37-59(3,4)39-40-60(5,6)38-18-14-10-8-12-16-36-56-46-25-21-42(22-26-46)50(52)58-48-33-29-44(54-2)30-34-48/h19-34H,7-18,35-40H2,1-6H3. The average molecular weight is 855 g/mol. The van der Waals surface area contributed by atoms with E-state index in [9.17, 15) is 9.59 Å². The molecule has 0 aromatic heterocycles. The molecule has 0 aliphatic rings. The van der Waals surface area contributed by atoms with E-state index in [0.29, 0.717) is 47.3 Å². The maximum absolute atomic E-state index is 12.5. The van der Waals surface area contributed by atoms with Crippen molar-refractivity contribution in [3.63, 3.8) is 0 Å². The van der Waals surface area contributed by atoms with Crippen molar-refractivity contribution in [2.75, 3.05) is 27.4 Å². The molecule has 0 bridgehead atoms. The van der Waals surface area contributed by atoms with Gasteiger partial charge < -0.3 is 28.4 Å². The molecule has 0 radical (unpaired) electrons. The number of hydrogen-bond acceptors (Lipinski definition) is 8. The molecular weight excluding hydrogens is 785 g/mol. The highest BCUT2D eigenvalue weighted by Crippen LogP contribution is 2.29. The molecule has 0 heterocycles. The normalized spacial score (nSPS) is 11.5. The Balaban J connectivity index is 0.941. The second kappa shape index (κ2) is 25.9. The fraction of sp³-hybridized carbons (Fsp3) is 0.480. The molecule has 60 heavy (non-hydrogen) atoms. The highest BCUT2D eigenvalue weighted by atomic mass is 28.3. The van der Waals surface area contributed by atoms with E-state index >= 15 is 0 Å². The molecule has 0 spiro atoms. The van der Waals surface area contributed by atoms with Gasteiger partial charge in [0.1, 0.15) is 34.5 Å². The van der Waals surface area contributed by atoms with Crippen LogP contribution in [0.2, 0.25) is 50.4 Å². The Hall–Kier alpha value is -4.55. The molecule has 0 aliphatic carbocycles. The van der Waals surface area contributed by atoms with E-state index in [1.165, 1.54) is 88.4 Å². The molecule has 0 aliphatic heterocycles. The van der Waals surface area contributed by atoms with Gasteiger partial charge in [0.2, 0.25) is 0 Å². The van der Waals surface area contributed by atoms with Gasteiger partial charge in [0.25, 0.3) is 0 Å². The summed E-state index contributed by atoms with van der Waals surface area (Å²) in [6, 6.07) is 34.1. The van der Waals surface area contributed by atoms with E-state index in [1.807, 2.05) is 24.3 Å². The van der Waals surface area contributed by atoms with Gasteiger partial charge in [0.05, 0.1) is 38.6 Å². The Morgan fingerprint density at radius 2 is 0.650 bits per heavy atom. The van der Waals surface area contributed by atoms with Crippen LogP contribution in [0, 0.1) is 0 Å². The molecule has 4 aromatic rings. The van der Waals surface area contributed by atoms with Crippen LogP contribution in [0.3, 0.4) is 0 Å². The summed E-state index contributed by atoms with van der Waals surface area (Å²) in [4.78, 5) is 24.9. The van der Waals surface area contributed by atoms with Crippen LogP contribution >= 0.6 is 0 Å². The molecule has 0 amide bonds. The monoisotopic (exact) mass is 854 g/mol. The van der Waals surface area contributed by atoms with Gasteiger partial charge in [-0.05, 0) is 110 Å².